The van der Waals surface area contributed by atoms with Crippen LogP contribution in [0.3, 0.4) is 0 Å². The minimum absolute atomic E-state index is 0.0292. The first kappa shape index (κ1) is 29.6. The fourth-order valence-corrected chi connectivity index (χ4v) is 6.71. The summed E-state index contributed by atoms with van der Waals surface area (Å²) in [6.45, 7) is 1.90. The minimum atomic E-state index is -0.994. The second-order valence-electron chi connectivity index (χ2n) is 11.2. The van der Waals surface area contributed by atoms with E-state index in [9.17, 15) is 14.4 Å². The number of carbonyl (C=O) groups excluding carboxylic acids is 3. The molecule has 1 heterocycles. The molecule has 42 heavy (non-hydrogen) atoms. The molecule has 222 valence electrons. The summed E-state index contributed by atoms with van der Waals surface area (Å²) in [6, 6.07) is 13.7. The van der Waals surface area contributed by atoms with Crippen molar-refractivity contribution in [3.05, 3.63) is 70.2 Å². The number of aryl methyl sites for hydroxylation is 1. The molecular weight excluding hydrogens is 550 g/mol. The molecule has 2 aromatic carbocycles. The van der Waals surface area contributed by atoms with Crippen molar-refractivity contribution >= 4 is 40.6 Å². The van der Waals surface area contributed by atoms with Crippen LogP contribution < -0.4 is 26.0 Å². The van der Waals surface area contributed by atoms with Gasteiger partial charge in [0.15, 0.2) is 5.69 Å². The van der Waals surface area contributed by atoms with E-state index in [4.69, 9.17) is 10.5 Å². The number of hydrogen-bond donors (Lipinski definition) is 3. The Bertz CT molecular complexity index is 1410. The first-order valence-corrected chi connectivity index (χ1v) is 15.5. The fraction of sp³-hybridized carbons (Fsp3) is 0.438. The Balaban J connectivity index is 1.54. The summed E-state index contributed by atoms with van der Waals surface area (Å²) in [5, 5.41) is 6.23. The van der Waals surface area contributed by atoms with Crippen LogP contribution >= 0.6 is 11.5 Å². The SMILES string of the molecule is COc1ccc([C@H](C(=O)NC2CCCC2)N(C(=O)c2snc(C(=O)NC3CCCCC3)c2N)c2ccccc2C)cc1. The number of para-hydroxylation sites is 1. The molecule has 2 aliphatic carbocycles. The van der Waals surface area contributed by atoms with Crippen LogP contribution in [0.2, 0.25) is 0 Å². The number of nitrogens with one attached hydrogen (secondary N) is 2. The van der Waals surface area contributed by atoms with Gasteiger partial charge in [0, 0.05) is 17.8 Å². The first-order chi connectivity index (χ1) is 20.4. The Morgan fingerprint density at radius 2 is 1.55 bits per heavy atom. The van der Waals surface area contributed by atoms with Crippen molar-refractivity contribution in [1.82, 2.24) is 15.0 Å². The highest BCUT2D eigenvalue weighted by atomic mass is 32.1. The van der Waals surface area contributed by atoms with Crippen molar-refractivity contribution in [2.45, 2.75) is 82.8 Å². The molecular formula is C32H39N5O4S. The van der Waals surface area contributed by atoms with Gasteiger partial charge in [-0.25, -0.2) is 0 Å². The molecule has 2 fully saturated rings. The molecule has 2 aliphatic rings. The summed E-state index contributed by atoms with van der Waals surface area (Å²) < 4.78 is 9.67. The zero-order chi connectivity index (χ0) is 29.6. The Hall–Kier alpha value is -3.92. The fourth-order valence-electron chi connectivity index (χ4n) is 5.98. The minimum Gasteiger partial charge on any atom is -0.497 e. The Labute approximate surface area is 251 Å². The van der Waals surface area contributed by atoms with Crippen LogP contribution in [0.1, 0.15) is 95.1 Å². The lowest BCUT2D eigenvalue weighted by atomic mass is 9.95. The molecule has 3 aromatic rings. The third kappa shape index (κ3) is 6.43. The van der Waals surface area contributed by atoms with E-state index in [0.29, 0.717) is 17.0 Å². The molecule has 0 aliphatic heterocycles. The van der Waals surface area contributed by atoms with Crippen LogP contribution in [-0.4, -0.2) is 41.3 Å². The lowest BCUT2D eigenvalue weighted by molar-refractivity contribution is -0.123. The first-order valence-electron chi connectivity index (χ1n) is 14.8. The van der Waals surface area contributed by atoms with Crippen molar-refractivity contribution in [3.8, 4) is 5.75 Å². The number of amides is 3. The van der Waals surface area contributed by atoms with Gasteiger partial charge in [0.2, 0.25) is 5.91 Å². The molecule has 0 unspecified atom stereocenters. The van der Waals surface area contributed by atoms with Crippen LogP contribution in [0, 0.1) is 6.92 Å². The number of benzene rings is 2. The van der Waals surface area contributed by atoms with Crippen LogP contribution in [0.25, 0.3) is 0 Å². The van der Waals surface area contributed by atoms with E-state index in [-0.39, 0.29) is 40.2 Å². The highest BCUT2D eigenvalue weighted by Crippen LogP contribution is 2.36. The van der Waals surface area contributed by atoms with E-state index >= 15 is 0 Å². The van der Waals surface area contributed by atoms with Crippen molar-refractivity contribution in [2.75, 3.05) is 17.7 Å². The van der Waals surface area contributed by atoms with Gasteiger partial charge in [-0.3, -0.25) is 19.3 Å². The highest BCUT2D eigenvalue weighted by molar-refractivity contribution is 7.09. The van der Waals surface area contributed by atoms with E-state index in [1.165, 1.54) is 11.3 Å². The third-order valence-corrected chi connectivity index (χ3v) is 9.16. The van der Waals surface area contributed by atoms with Gasteiger partial charge >= 0.3 is 0 Å². The number of rotatable bonds is 9. The van der Waals surface area contributed by atoms with Crippen LogP contribution in [0.5, 0.6) is 5.75 Å². The number of carbonyl (C=O) groups is 3. The van der Waals surface area contributed by atoms with E-state index in [0.717, 1.165) is 68.5 Å². The van der Waals surface area contributed by atoms with Crippen molar-refractivity contribution in [3.63, 3.8) is 0 Å². The van der Waals surface area contributed by atoms with Gasteiger partial charge in [-0.1, -0.05) is 62.4 Å². The lowest BCUT2D eigenvalue weighted by Crippen LogP contribution is -2.46. The lowest BCUT2D eigenvalue weighted by Gasteiger charge is -2.33. The average molecular weight is 590 g/mol. The standard InChI is InChI=1S/C32H39N5O4S/c1-20-10-6-9-15-25(20)37(28(21-16-18-24(41-2)19-17-21)31(39)35-23-13-7-8-14-23)32(40)29-26(33)27(36-42-29)30(38)34-22-11-4-3-5-12-22/h6,9-10,15-19,22-23,28H,3-5,7-8,11-14,33H2,1-2H3,(H,34,38)(H,35,39)/t28-/m1/s1. The number of nitrogens with two attached hydrogens (primary N) is 1. The predicted octanol–water partition coefficient (Wildman–Crippen LogP) is 5.55. The topological polar surface area (TPSA) is 127 Å². The average Bonchev–Trinajstić information content (AvgIpc) is 3.66. The molecule has 10 heteroatoms. The normalized spacial score (nSPS) is 16.5. The number of hydrogen-bond acceptors (Lipinski definition) is 7. The molecule has 1 atom stereocenters. The van der Waals surface area contributed by atoms with E-state index in [2.05, 4.69) is 15.0 Å². The van der Waals surface area contributed by atoms with Crippen molar-refractivity contribution < 1.29 is 19.1 Å². The zero-order valence-electron chi connectivity index (χ0n) is 24.2. The molecule has 3 amide bonds. The molecule has 0 bridgehead atoms. The summed E-state index contributed by atoms with van der Waals surface area (Å²) in [4.78, 5) is 43.3. The monoisotopic (exact) mass is 589 g/mol. The van der Waals surface area contributed by atoms with Crippen LogP contribution in [0.4, 0.5) is 11.4 Å². The maximum atomic E-state index is 14.5. The Morgan fingerprint density at radius 3 is 2.19 bits per heavy atom. The van der Waals surface area contributed by atoms with Gasteiger partial charge in [0.05, 0.1) is 12.8 Å². The molecule has 4 N–H and O–H groups in total. The van der Waals surface area contributed by atoms with Gasteiger partial charge in [-0.15, -0.1) is 0 Å². The molecule has 0 spiro atoms. The quantitative estimate of drug-likeness (QED) is 0.300. The molecule has 9 nitrogen and oxygen atoms in total. The third-order valence-electron chi connectivity index (χ3n) is 8.31. The van der Waals surface area contributed by atoms with Gasteiger partial charge in [-0.05, 0) is 73.5 Å². The summed E-state index contributed by atoms with van der Waals surface area (Å²) in [6.07, 6.45) is 9.07. The van der Waals surface area contributed by atoms with Gasteiger partial charge in [-0.2, -0.15) is 4.37 Å². The summed E-state index contributed by atoms with van der Waals surface area (Å²) in [7, 11) is 1.58. The second kappa shape index (κ2) is 13.4. The molecule has 0 radical (unpaired) electrons. The summed E-state index contributed by atoms with van der Waals surface area (Å²) in [5.41, 5.74) is 8.57. The highest BCUT2D eigenvalue weighted by Gasteiger charge is 2.38. The number of nitrogens with zero attached hydrogens (tertiary/aromatic N) is 2. The van der Waals surface area contributed by atoms with E-state index in [1.54, 1.807) is 31.4 Å². The number of aromatic nitrogens is 1. The number of methoxy groups -OCH3 is 1. The van der Waals surface area contributed by atoms with Crippen LogP contribution in [-0.2, 0) is 4.79 Å². The van der Waals surface area contributed by atoms with Gasteiger partial charge < -0.3 is 21.1 Å². The molecule has 5 rings (SSSR count). The summed E-state index contributed by atoms with van der Waals surface area (Å²) in [5.74, 6) is -0.494. The maximum absolute atomic E-state index is 14.5. The molecule has 1 aromatic heterocycles. The van der Waals surface area contributed by atoms with Crippen molar-refractivity contribution in [2.24, 2.45) is 0 Å². The smallest absolute Gasteiger partial charge is 0.273 e. The van der Waals surface area contributed by atoms with Crippen LogP contribution in [0.15, 0.2) is 48.5 Å². The number of nitrogen functional groups attached to an aromatic ring is 1. The Kier molecular flexibility index (Phi) is 9.41. The zero-order valence-corrected chi connectivity index (χ0v) is 25.0. The van der Waals surface area contributed by atoms with E-state index in [1.807, 2.05) is 31.2 Å². The largest absolute Gasteiger partial charge is 0.497 e. The number of ether oxygens (including phenoxy) is 1. The van der Waals surface area contributed by atoms with Gasteiger partial charge in [0.1, 0.15) is 16.7 Å². The van der Waals surface area contributed by atoms with Gasteiger partial charge in [0.25, 0.3) is 11.8 Å². The molecule has 0 saturated heterocycles. The summed E-state index contributed by atoms with van der Waals surface area (Å²) >= 11 is 0.888. The molecule has 2 saturated carbocycles. The van der Waals surface area contributed by atoms with Crippen molar-refractivity contribution in [1.29, 1.82) is 0 Å². The second-order valence-corrected chi connectivity index (χ2v) is 12.0. The maximum Gasteiger partial charge on any atom is 0.273 e. The predicted molar refractivity (Wildman–Crippen MR) is 165 cm³/mol. The number of anilines is 2. The Morgan fingerprint density at radius 1 is 0.929 bits per heavy atom. The van der Waals surface area contributed by atoms with E-state index < -0.39 is 11.9 Å².